The van der Waals surface area contributed by atoms with Crippen LogP contribution in [0.3, 0.4) is 0 Å². The lowest BCUT2D eigenvalue weighted by Gasteiger charge is -2.20. The molecule has 12 nitrogen and oxygen atoms in total. The molecule has 84 heavy (non-hydrogen) atoms. The maximum absolute atomic E-state index is 14.3. The molecule has 452 valence electrons. The van der Waals surface area contributed by atoms with Gasteiger partial charge < -0.3 is 18.9 Å². The molecule has 8 rings (SSSR count). The Morgan fingerprint density at radius 3 is 0.893 bits per heavy atom. The molecule has 0 spiro atoms. The Balaban J connectivity index is 0.000000241. The van der Waals surface area contributed by atoms with Gasteiger partial charge in [0.25, 0.3) is 0 Å². The van der Waals surface area contributed by atoms with Crippen molar-refractivity contribution in [3.63, 3.8) is 0 Å². The zero-order valence-corrected chi connectivity index (χ0v) is 57.6. The summed E-state index contributed by atoms with van der Waals surface area (Å²) in [4.78, 5) is 60.1. The molecule has 0 bridgehead atoms. The summed E-state index contributed by atoms with van der Waals surface area (Å²) in [5.41, 5.74) is 5.56. The molecule has 6 aromatic heterocycles. The van der Waals surface area contributed by atoms with E-state index in [1.54, 1.807) is 0 Å². The number of benzene rings is 2. The van der Waals surface area contributed by atoms with Crippen molar-refractivity contribution in [2.24, 2.45) is 23.7 Å². The van der Waals surface area contributed by atoms with Crippen LogP contribution in [0.4, 0.5) is 0 Å². The van der Waals surface area contributed by atoms with Gasteiger partial charge in [0.1, 0.15) is 22.1 Å². The predicted octanol–water partition coefficient (Wildman–Crippen LogP) is 21.3. The quantitative estimate of drug-likeness (QED) is 0.0291. The molecule has 4 unspecified atom stereocenters. The van der Waals surface area contributed by atoms with E-state index in [1.165, 1.54) is 45.3 Å². The molecule has 0 saturated carbocycles. The average molecular weight is 1380 g/mol. The first-order valence-corrected chi connectivity index (χ1v) is 36.2. The Morgan fingerprint density at radius 2 is 0.679 bits per heavy atom. The number of fused-ring (bicyclic) bond motifs is 2. The molecule has 0 aliphatic carbocycles. The third-order valence-electron chi connectivity index (χ3n) is 15.4. The number of rotatable bonds is 32. The second-order valence-corrected chi connectivity index (χ2v) is 29.0. The lowest BCUT2D eigenvalue weighted by atomic mass is 9.91. The molecule has 0 saturated heterocycles. The molecular formula is C64H78Br2N4O8S6. The summed E-state index contributed by atoms with van der Waals surface area (Å²) in [5.74, 6) is -1.06. The maximum atomic E-state index is 14.3. The first-order valence-electron chi connectivity index (χ1n) is 29.8. The molecule has 0 aliphatic rings. The highest BCUT2D eigenvalue weighted by Gasteiger charge is 2.37. The first-order chi connectivity index (χ1) is 40.9. The van der Waals surface area contributed by atoms with E-state index in [0.29, 0.717) is 70.7 Å². The molecule has 8 aromatic rings. The number of aromatic nitrogens is 4. The first kappa shape index (κ1) is 67.2. The Kier molecular flexibility index (Phi) is 27.5. The zero-order valence-electron chi connectivity index (χ0n) is 49.5. The van der Waals surface area contributed by atoms with Crippen LogP contribution in [0.2, 0.25) is 0 Å². The molecule has 4 atom stereocenters. The third kappa shape index (κ3) is 17.1. The summed E-state index contributed by atoms with van der Waals surface area (Å²) in [6.45, 7) is 18.3. The van der Waals surface area contributed by atoms with Crippen LogP contribution in [-0.2, 0) is 18.9 Å². The van der Waals surface area contributed by atoms with Crippen molar-refractivity contribution < 1.29 is 38.1 Å². The van der Waals surface area contributed by atoms with Gasteiger partial charge in [-0.05, 0) is 128 Å². The third-order valence-corrected chi connectivity index (χ3v) is 21.5. The molecule has 2 aromatic carbocycles. The van der Waals surface area contributed by atoms with Crippen LogP contribution in [0, 0.1) is 23.7 Å². The maximum Gasteiger partial charge on any atom is 0.339 e. The summed E-state index contributed by atoms with van der Waals surface area (Å²) < 4.78 is 44.6. The van der Waals surface area contributed by atoms with Crippen LogP contribution in [0.15, 0.2) is 66.9 Å². The van der Waals surface area contributed by atoms with Crippen molar-refractivity contribution in [3.05, 3.63) is 89.1 Å². The van der Waals surface area contributed by atoms with E-state index in [9.17, 15) is 19.2 Å². The number of hydrogen-bond acceptors (Lipinski definition) is 18. The number of unbranched alkanes of at least 4 members (excludes halogenated alkanes) is 4. The van der Waals surface area contributed by atoms with Crippen LogP contribution in [-0.4, -0.2) is 67.8 Å². The fraction of sp³-hybridized carbons (Fsp3) is 0.500. The second kappa shape index (κ2) is 34.3. The van der Waals surface area contributed by atoms with E-state index in [-0.39, 0.29) is 45.9 Å². The molecule has 0 radical (unpaired) electrons. The van der Waals surface area contributed by atoms with Crippen molar-refractivity contribution in [3.8, 4) is 41.8 Å². The van der Waals surface area contributed by atoms with E-state index in [2.05, 4.69) is 105 Å². The fourth-order valence-electron chi connectivity index (χ4n) is 10.2. The van der Waals surface area contributed by atoms with Crippen LogP contribution in [0.25, 0.3) is 63.8 Å². The number of carbonyl (C=O) groups excluding carboxylic acids is 4. The Morgan fingerprint density at radius 1 is 0.405 bits per heavy atom. The number of hydrogen-bond donors (Lipinski definition) is 0. The van der Waals surface area contributed by atoms with Crippen molar-refractivity contribution >= 4 is 147 Å². The molecule has 0 aliphatic heterocycles. The van der Waals surface area contributed by atoms with Crippen LogP contribution >= 0.6 is 101 Å². The van der Waals surface area contributed by atoms with E-state index in [4.69, 9.17) is 18.9 Å². The van der Waals surface area contributed by atoms with E-state index < -0.39 is 23.9 Å². The van der Waals surface area contributed by atoms with Crippen molar-refractivity contribution in [1.29, 1.82) is 0 Å². The monoisotopic (exact) mass is 1380 g/mol. The summed E-state index contributed by atoms with van der Waals surface area (Å²) in [7, 11) is 0. The van der Waals surface area contributed by atoms with Gasteiger partial charge in [-0.3, -0.25) is 0 Å². The minimum atomic E-state index is -0.536. The second-order valence-electron chi connectivity index (χ2n) is 21.1. The summed E-state index contributed by atoms with van der Waals surface area (Å²) in [6, 6.07) is 15.5. The normalized spacial score (nSPS) is 12.9. The van der Waals surface area contributed by atoms with E-state index >= 15 is 0 Å². The molecular weight excluding hydrogens is 1300 g/mol. The van der Waals surface area contributed by atoms with Gasteiger partial charge in [-0.15, -0.1) is 45.3 Å². The van der Waals surface area contributed by atoms with Gasteiger partial charge in [0.05, 0.1) is 79.7 Å². The molecule has 0 N–H and O–H groups in total. The highest BCUT2D eigenvalue weighted by atomic mass is 79.9. The lowest BCUT2D eigenvalue weighted by molar-refractivity contribution is 0.0383. The lowest BCUT2D eigenvalue weighted by Crippen LogP contribution is -2.21. The summed E-state index contributed by atoms with van der Waals surface area (Å²) >= 11 is 15.3. The number of nitrogens with zero attached hydrogens (tertiary/aromatic N) is 4. The predicted molar refractivity (Wildman–Crippen MR) is 358 cm³/mol. The highest BCUT2D eigenvalue weighted by Crippen LogP contribution is 2.48. The zero-order chi connectivity index (χ0) is 60.1. The number of ether oxygens (including phenoxy) is 4. The molecule has 20 heteroatoms. The van der Waals surface area contributed by atoms with Gasteiger partial charge in [0.15, 0.2) is 0 Å². The van der Waals surface area contributed by atoms with Crippen molar-refractivity contribution in [2.75, 3.05) is 26.4 Å². The number of thiophene rings is 4. The minimum Gasteiger partial charge on any atom is -0.462 e. The van der Waals surface area contributed by atoms with Crippen molar-refractivity contribution in [1.82, 2.24) is 17.5 Å². The Labute approximate surface area is 536 Å². The Bertz CT molecular complexity index is 3150. The van der Waals surface area contributed by atoms with Crippen LogP contribution in [0.5, 0.6) is 0 Å². The van der Waals surface area contributed by atoms with Gasteiger partial charge in [0, 0.05) is 41.8 Å². The van der Waals surface area contributed by atoms with Crippen LogP contribution < -0.4 is 0 Å². The average Bonchev–Trinajstić information content (AvgIpc) is 2.04. The summed E-state index contributed by atoms with van der Waals surface area (Å²) in [6.07, 6.45) is 16.3. The molecule has 0 fully saturated rings. The van der Waals surface area contributed by atoms with Gasteiger partial charge in [-0.1, -0.05) is 145 Å². The Hall–Kier alpha value is -4.28. The van der Waals surface area contributed by atoms with Gasteiger partial charge in [-0.2, -0.15) is 17.5 Å². The van der Waals surface area contributed by atoms with Crippen LogP contribution in [0.1, 0.15) is 200 Å². The fourth-order valence-corrected chi connectivity index (χ4v) is 15.7. The van der Waals surface area contributed by atoms with Crippen molar-refractivity contribution in [2.45, 2.75) is 158 Å². The SMILES string of the molecule is CCCCC(CC)COC(=O)c1c(C(=O)OCC(CC)CCCC)c(-c2ccc(Br)s2)c2nsnc2c1-c1ccc(Br)s1.CCCCC(CC)COC(=O)c1c(C(=O)OCC(CC)CCCC)c(-c2cccs2)c2nsnc2c1-c1cccs1. The topological polar surface area (TPSA) is 157 Å². The van der Waals surface area contributed by atoms with Gasteiger partial charge in [-0.25, -0.2) is 19.2 Å². The number of halogens is 2. The van der Waals surface area contributed by atoms with Gasteiger partial charge >= 0.3 is 23.9 Å². The standard InChI is InChI=1S/C32H38Br2N2O4S3.C32H40N2O4S3/c1-5-9-11-19(7-3)17-39-31(37)27-25(21-13-15-23(33)41-21)29-30(36-43-35-29)26(22-14-16-24(34)42-22)28(27)32(38)40-18-20(8-4)12-10-6-2;1-5-9-13-21(7-3)19-37-31(35)27-25(23-15-11-17-39-23)29-30(34-41-33-29)26(24-16-12-18-40-24)28(27)32(36)38-20-22(8-4)14-10-6-2/h13-16,19-20H,5-12,17-18H2,1-4H3;11-12,15-18,21-22H,5-10,13-14,19-20H2,1-4H3. The molecule has 6 heterocycles. The van der Waals surface area contributed by atoms with E-state index in [0.717, 1.165) is 153 Å². The number of esters is 4. The van der Waals surface area contributed by atoms with E-state index in [1.807, 2.05) is 59.3 Å². The summed E-state index contributed by atoms with van der Waals surface area (Å²) in [5, 5.41) is 3.91. The molecule has 0 amide bonds. The number of carbonyl (C=O) groups is 4. The smallest absolute Gasteiger partial charge is 0.339 e. The van der Waals surface area contributed by atoms with Gasteiger partial charge in [0.2, 0.25) is 0 Å². The highest BCUT2D eigenvalue weighted by molar-refractivity contribution is 9.11. The minimum absolute atomic E-state index is 0.200. The largest absolute Gasteiger partial charge is 0.462 e.